The second-order valence-corrected chi connectivity index (χ2v) is 13.7. The van der Waals surface area contributed by atoms with Crippen molar-refractivity contribution >= 4 is 65.6 Å². The van der Waals surface area contributed by atoms with Gasteiger partial charge in [0.25, 0.3) is 0 Å². The lowest BCUT2D eigenvalue weighted by Crippen LogP contribution is -1.93. The Kier molecular flexibility index (Phi) is 6.06. The van der Waals surface area contributed by atoms with E-state index in [0.29, 0.717) is 0 Å². The highest BCUT2D eigenvalue weighted by atomic mass is 16.3. The van der Waals surface area contributed by atoms with Crippen molar-refractivity contribution in [3.05, 3.63) is 169 Å². The summed E-state index contributed by atoms with van der Waals surface area (Å²) in [5, 5.41) is 7.14. The highest BCUT2D eigenvalue weighted by Gasteiger charge is 2.20. The average molecular weight is 669 g/mol. The zero-order valence-electron chi connectivity index (χ0n) is 28.7. The summed E-state index contributed by atoms with van der Waals surface area (Å²) in [6.07, 6.45) is 0. The van der Waals surface area contributed by atoms with Crippen molar-refractivity contribution in [3.63, 3.8) is 0 Å². The lowest BCUT2D eigenvalue weighted by Gasteiger charge is -2.09. The average Bonchev–Trinajstić information content (AvgIpc) is 3.90. The minimum absolute atomic E-state index is 0.857. The van der Waals surface area contributed by atoms with E-state index in [1.807, 2.05) is 0 Å². The minimum Gasteiger partial charge on any atom is -0.461 e. The first kappa shape index (κ1) is 29.0. The number of aromatic nitrogens is 2. The van der Waals surface area contributed by atoms with Crippen LogP contribution in [0.5, 0.6) is 0 Å². The SMILES string of the molecule is Cc1oc2cc3c(-c4ccc(-n5c6ccccc6c6ccccc65)cc4)c(C)oc3cc2c1-c1ccc(-n2c3ccccc3c3ccccc32)cc1. The van der Waals surface area contributed by atoms with E-state index in [9.17, 15) is 0 Å². The summed E-state index contributed by atoms with van der Waals surface area (Å²) in [5.74, 6) is 1.78. The molecule has 0 radical (unpaired) electrons. The first-order chi connectivity index (χ1) is 25.6. The van der Waals surface area contributed by atoms with Crippen LogP contribution in [0.2, 0.25) is 0 Å². The van der Waals surface area contributed by atoms with Crippen LogP contribution in [0.4, 0.5) is 0 Å². The number of para-hydroxylation sites is 4. The van der Waals surface area contributed by atoms with Gasteiger partial charge in [0, 0.05) is 54.8 Å². The maximum Gasteiger partial charge on any atom is 0.135 e. The molecule has 11 rings (SSSR count). The van der Waals surface area contributed by atoms with Gasteiger partial charge in [0.05, 0.1) is 22.1 Å². The second-order valence-electron chi connectivity index (χ2n) is 13.7. The number of nitrogens with zero attached hydrogens (tertiary/aromatic N) is 2. The van der Waals surface area contributed by atoms with Gasteiger partial charge in [0.15, 0.2) is 0 Å². The maximum atomic E-state index is 6.48. The lowest BCUT2D eigenvalue weighted by atomic mass is 9.98. The number of benzene rings is 7. The van der Waals surface area contributed by atoms with Gasteiger partial charge in [0.2, 0.25) is 0 Å². The molecule has 4 heterocycles. The fourth-order valence-electron chi connectivity index (χ4n) is 8.60. The largest absolute Gasteiger partial charge is 0.461 e. The molecule has 11 aromatic rings. The van der Waals surface area contributed by atoms with E-state index in [0.717, 1.165) is 67.1 Å². The summed E-state index contributed by atoms with van der Waals surface area (Å²) in [4.78, 5) is 0. The van der Waals surface area contributed by atoms with Crippen molar-refractivity contribution in [1.82, 2.24) is 9.13 Å². The van der Waals surface area contributed by atoms with Crippen molar-refractivity contribution in [2.24, 2.45) is 0 Å². The van der Waals surface area contributed by atoms with Crippen LogP contribution in [0, 0.1) is 13.8 Å². The standard InChI is InChI=1S/C48H32N2O2/c1-29-47(31-19-23-33(24-20-31)49-41-15-7-3-11-35(41)36-12-4-8-16-42(36)49)39-27-46-40(28-45(39)51-29)48(30(2)52-46)32-21-25-34(26-22-32)50-43-17-9-5-13-37(43)38-14-6-10-18-44(38)50/h3-28H,1-2H3. The molecule has 0 aliphatic heterocycles. The van der Waals surface area contributed by atoms with Crippen molar-refractivity contribution in [2.75, 3.05) is 0 Å². The molecule has 0 spiro atoms. The molecule has 4 nitrogen and oxygen atoms in total. The van der Waals surface area contributed by atoms with E-state index in [2.05, 4.69) is 181 Å². The molecular formula is C48H32N2O2. The molecule has 4 aromatic heterocycles. The van der Waals surface area contributed by atoms with Gasteiger partial charge in [-0.05, 0) is 85.6 Å². The molecule has 0 saturated heterocycles. The highest BCUT2D eigenvalue weighted by Crippen LogP contribution is 2.42. The van der Waals surface area contributed by atoms with Gasteiger partial charge in [-0.1, -0.05) is 97.1 Å². The zero-order valence-corrected chi connectivity index (χ0v) is 28.7. The summed E-state index contributed by atoms with van der Waals surface area (Å²) in [6.45, 7) is 4.11. The molecule has 0 amide bonds. The van der Waals surface area contributed by atoms with Crippen LogP contribution in [0.3, 0.4) is 0 Å². The van der Waals surface area contributed by atoms with Crippen LogP contribution in [-0.4, -0.2) is 9.13 Å². The lowest BCUT2D eigenvalue weighted by molar-refractivity contribution is 0.577. The normalized spacial score (nSPS) is 12.0. The molecular weight excluding hydrogens is 637 g/mol. The third-order valence-electron chi connectivity index (χ3n) is 10.8. The van der Waals surface area contributed by atoms with Gasteiger partial charge in [-0.3, -0.25) is 0 Å². The molecule has 0 saturated carbocycles. The Morgan fingerprint density at radius 2 is 0.654 bits per heavy atom. The van der Waals surface area contributed by atoms with Gasteiger partial charge >= 0.3 is 0 Å². The van der Waals surface area contributed by atoms with Crippen molar-refractivity contribution in [1.29, 1.82) is 0 Å². The Morgan fingerprint density at radius 1 is 0.346 bits per heavy atom. The number of fused-ring (bicyclic) bond motifs is 8. The number of rotatable bonds is 4. The fraction of sp³-hybridized carbons (Fsp3) is 0.0417. The van der Waals surface area contributed by atoms with Crippen LogP contribution in [0.25, 0.3) is 99.2 Å². The number of hydrogen-bond donors (Lipinski definition) is 0. The fourth-order valence-corrected chi connectivity index (χ4v) is 8.60. The van der Waals surface area contributed by atoms with Crippen LogP contribution < -0.4 is 0 Å². The third-order valence-corrected chi connectivity index (χ3v) is 10.8. The van der Waals surface area contributed by atoms with E-state index >= 15 is 0 Å². The number of aryl methyl sites for hydroxylation is 2. The summed E-state index contributed by atoms with van der Waals surface area (Å²) >= 11 is 0. The van der Waals surface area contributed by atoms with Gasteiger partial charge in [-0.25, -0.2) is 0 Å². The Morgan fingerprint density at radius 3 is 0.981 bits per heavy atom. The van der Waals surface area contributed by atoms with E-state index < -0.39 is 0 Å². The summed E-state index contributed by atoms with van der Waals surface area (Å²) in [6, 6.07) is 56.4. The maximum absolute atomic E-state index is 6.48. The Labute approximate surface area is 299 Å². The molecule has 246 valence electrons. The predicted octanol–water partition coefficient (Wildman–Crippen LogP) is 13.3. The predicted molar refractivity (Wildman–Crippen MR) is 215 cm³/mol. The van der Waals surface area contributed by atoms with E-state index in [-0.39, 0.29) is 0 Å². The van der Waals surface area contributed by atoms with Gasteiger partial charge < -0.3 is 18.0 Å². The molecule has 0 aliphatic rings. The Hall–Kier alpha value is -6.78. The smallest absolute Gasteiger partial charge is 0.135 e. The molecule has 7 aromatic carbocycles. The molecule has 52 heavy (non-hydrogen) atoms. The van der Waals surface area contributed by atoms with Crippen LogP contribution in [-0.2, 0) is 0 Å². The van der Waals surface area contributed by atoms with Crippen molar-refractivity contribution in [3.8, 4) is 33.6 Å². The zero-order chi connectivity index (χ0) is 34.5. The highest BCUT2D eigenvalue weighted by molar-refractivity contribution is 6.11. The number of furan rings is 2. The third kappa shape index (κ3) is 4.09. The Balaban J connectivity index is 0.988. The second kappa shape index (κ2) is 10.9. The van der Waals surface area contributed by atoms with Crippen molar-refractivity contribution < 1.29 is 8.83 Å². The topological polar surface area (TPSA) is 36.1 Å². The van der Waals surface area contributed by atoms with E-state index in [1.54, 1.807) is 0 Å². The Bertz CT molecular complexity index is 2860. The molecule has 0 unspecified atom stereocenters. The molecule has 4 heteroatoms. The van der Waals surface area contributed by atoms with Crippen LogP contribution in [0.15, 0.2) is 167 Å². The summed E-state index contributed by atoms with van der Waals surface area (Å²) in [7, 11) is 0. The monoisotopic (exact) mass is 668 g/mol. The van der Waals surface area contributed by atoms with Crippen LogP contribution >= 0.6 is 0 Å². The molecule has 0 atom stereocenters. The quantitative estimate of drug-likeness (QED) is 0.187. The van der Waals surface area contributed by atoms with E-state index in [4.69, 9.17) is 8.83 Å². The minimum atomic E-state index is 0.857. The summed E-state index contributed by atoms with van der Waals surface area (Å²) in [5.41, 5.74) is 13.2. The number of hydrogen-bond acceptors (Lipinski definition) is 2. The molecule has 0 N–H and O–H groups in total. The van der Waals surface area contributed by atoms with Crippen LogP contribution in [0.1, 0.15) is 11.5 Å². The van der Waals surface area contributed by atoms with Crippen molar-refractivity contribution in [2.45, 2.75) is 13.8 Å². The summed E-state index contributed by atoms with van der Waals surface area (Å²) < 4.78 is 17.7. The molecule has 0 bridgehead atoms. The van der Waals surface area contributed by atoms with E-state index in [1.165, 1.54) is 43.6 Å². The molecule has 0 aliphatic carbocycles. The first-order valence-corrected chi connectivity index (χ1v) is 17.8. The first-order valence-electron chi connectivity index (χ1n) is 17.8. The van der Waals surface area contributed by atoms with Gasteiger partial charge in [-0.15, -0.1) is 0 Å². The van der Waals surface area contributed by atoms with Gasteiger partial charge in [0.1, 0.15) is 22.7 Å². The van der Waals surface area contributed by atoms with Gasteiger partial charge in [-0.2, -0.15) is 0 Å². The molecule has 0 fully saturated rings.